The molecule has 2 aliphatic rings. The van der Waals surface area contributed by atoms with Crippen LogP contribution in [0.5, 0.6) is 0 Å². The molecule has 2 fully saturated rings. The fourth-order valence-electron chi connectivity index (χ4n) is 3.95. The first kappa shape index (κ1) is 18.9. The van der Waals surface area contributed by atoms with Crippen LogP contribution < -0.4 is 5.32 Å². The molecule has 0 aromatic carbocycles. The Kier molecular flexibility index (Phi) is 5.13. The number of aromatic amines is 1. The number of nitrogens with one attached hydrogen (secondary N) is 2. The second kappa shape index (κ2) is 7.05. The van der Waals surface area contributed by atoms with E-state index in [1.54, 1.807) is 12.4 Å². The molecule has 26 heavy (non-hydrogen) atoms. The zero-order valence-corrected chi connectivity index (χ0v) is 16.5. The topological polar surface area (TPSA) is 78.1 Å². The van der Waals surface area contributed by atoms with E-state index in [0.29, 0.717) is 25.2 Å². The summed E-state index contributed by atoms with van der Waals surface area (Å²) in [5, 5.41) is 3.11. The molecule has 6 nitrogen and oxygen atoms in total. The van der Waals surface area contributed by atoms with E-state index in [1.807, 2.05) is 4.90 Å². The molecule has 1 aromatic heterocycles. The van der Waals surface area contributed by atoms with Crippen LogP contribution in [-0.4, -0.2) is 45.8 Å². The predicted molar refractivity (Wildman–Crippen MR) is 100 cm³/mol. The van der Waals surface area contributed by atoms with Gasteiger partial charge in [-0.2, -0.15) is 0 Å². The number of carbonyl (C=O) groups is 2. The van der Waals surface area contributed by atoms with E-state index in [4.69, 9.17) is 0 Å². The van der Waals surface area contributed by atoms with Crippen molar-refractivity contribution in [1.29, 1.82) is 0 Å². The van der Waals surface area contributed by atoms with Gasteiger partial charge in [0, 0.05) is 56.2 Å². The van der Waals surface area contributed by atoms with Crippen molar-refractivity contribution in [3.63, 3.8) is 0 Å². The first-order valence-corrected chi connectivity index (χ1v) is 9.72. The molecule has 1 unspecified atom stereocenters. The van der Waals surface area contributed by atoms with Crippen LogP contribution in [0.4, 0.5) is 0 Å². The standard InChI is InChI=1S/C20H32N4O2/c1-14(19(2,3)4)9-18(26)24-12-20(13-24)10-15(11-20)23-17(25)6-5-16-21-7-8-22-16/h7-8,14-15H,5-6,9-13H2,1-4H3,(H,21,22)(H,23,25). The largest absolute Gasteiger partial charge is 0.353 e. The van der Waals surface area contributed by atoms with Gasteiger partial charge in [-0.3, -0.25) is 9.59 Å². The Balaban J connectivity index is 1.33. The monoisotopic (exact) mass is 360 g/mol. The van der Waals surface area contributed by atoms with Crippen LogP contribution >= 0.6 is 0 Å². The van der Waals surface area contributed by atoms with Crippen molar-refractivity contribution in [2.75, 3.05) is 13.1 Å². The molecule has 144 valence electrons. The van der Waals surface area contributed by atoms with E-state index in [-0.39, 0.29) is 28.7 Å². The minimum Gasteiger partial charge on any atom is -0.353 e. The molecule has 2 amide bonds. The van der Waals surface area contributed by atoms with Gasteiger partial charge in [0.2, 0.25) is 11.8 Å². The maximum absolute atomic E-state index is 12.4. The van der Waals surface area contributed by atoms with Gasteiger partial charge in [0.1, 0.15) is 5.82 Å². The fraction of sp³-hybridized carbons (Fsp3) is 0.750. The first-order chi connectivity index (χ1) is 12.2. The Morgan fingerprint density at radius 3 is 2.65 bits per heavy atom. The molecule has 1 saturated heterocycles. The number of nitrogens with zero attached hydrogens (tertiary/aromatic N) is 2. The van der Waals surface area contributed by atoms with Crippen LogP contribution in [0.1, 0.15) is 59.2 Å². The summed E-state index contributed by atoms with van der Waals surface area (Å²) >= 11 is 0. The van der Waals surface area contributed by atoms with E-state index in [0.717, 1.165) is 31.8 Å². The smallest absolute Gasteiger partial charge is 0.222 e. The average Bonchev–Trinajstić information content (AvgIpc) is 2.98. The molecule has 2 heterocycles. The Labute approximate surface area is 156 Å². The molecule has 1 aromatic rings. The highest BCUT2D eigenvalue weighted by Gasteiger charge is 2.53. The van der Waals surface area contributed by atoms with Gasteiger partial charge in [-0.25, -0.2) is 4.98 Å². The van der Waals surface area contributed by atoms with Crippen LogP contribution in [0.15, 0.2) is 12.4 Å². The van der Waals surface area contributed by atoms with Crippen molar-refractivity contribution in [2.45, 2.75) is 65.8 Å². The maximum atomic E-state index is 12.4. The van der Waals surface area contributed by atoms with E-state index in [9.17, 15) is 9.59 Å². The highest BCUT2D eigenvalue weighted by molar-refractivity contribution is 5.78. The van der Waals surface area contributed by atoms with Crippen molar-refractivity contribution in [2.24, 2.45) is 16.7 Å². The Morgan fingerprint density at radius 1 is 1.38 bits per heavy atom. The summed E-state index contributed by atoms with van der Waals surface area (Å²) < 4.78 is 0. The molecule has 2 N–H and O–H groups in total. The number of H-pyrrole nitrogens is 1. The Morgan fingerprint density at radius 2 is 2.08 bits per heavy atom. The molecule has 1 atom stereocenters. The molecule has 0 bridgehead atoms. The van der Waals surface area contributed by atoms with Crippen molar-refractivity contribution < 1.29 is 9.59 Å². The third-order valence-electron chi connectivity index (χ3n) is 6.23. The average molecular weight is 361 g/mol. The first-order valence-electron chi connectivity index (χ1n) is 9.72. The minimum absolute atomic E-state index is 0.0903. The highest BCUT2D eigenvalue weighted by Crippen LogP contribution is 2.48. The number of hydrogen-bond acceptors (Lipinski definition) is 3. The second-order valence-electron chi connectivity index (χ2n) is 9.43. The minimum atomic E-state index is 0.0903. The predicted octanol–water partition coefficient (Wildman–Crippen LogP) is 2.52. The lowest BCUT2D eigenvalue weighted by molar-refractivity contribution is -0.155. The lowest BCUT2D eigenvalue weighted by atomic mass is 9.60. The summed E-state index contributed by atoms with van der Waals surface area (Å²) in [5.41, 5.74) is 0.430. The third kappa shape index (κ3) is 4.27. The number of hydrogen-bond donors (Lipinski definition) is 2. The van der Waals surface area contributed by atoms with E-state index >= 15 is 0 Å². The van der Waals surface area contributed by atoms with Gasteiger partial charge in [0.05, 0.1) is 0 Å². The SMILES string of the molecule is CC(CC(=O)N1CC2(CC(NC(=O)CCc3ncc[nH]3)C2)C1)C(C)(C)C. The van der Waals surface area contributed by atoms with Gasteiger partial charge in [-0.15, -0.1) is 0 Å². The lowest BCUT2D eigenvalue weighted by Crippen LogP contribution is -2.67. The number of imidazole rings is 1. The van der Waals surface area contributed by atoms with Crippen LogP contribution in [0.3, 0.4) is 0 Å². The van der Waals surface area contributed by atoms with Crippen molar-refractivity contribution in [1.82, 2.24) is 20.2 Å². The van der Waals surface area contributed by atoms with Gasteiger partial charge in [-0.1, -0.05) is 27.7 Å². The van der Waals surface area contributed by atoms with E-state index in [1.165, 1.54) is 0 Å². The number of likely N-dealkylation sites (tertiary alicyclic amines) is 1. The van der Waals surface area contributed by atoms with Gasteiger partial charge in [0.15, 0.2) is 0 Å². The van der Waals surface area contributed by atoms with Crippen molar-refractivity contribution in [3.05, 3.63) is 18.2 Å². The van der Waals surface area contributed by atoms with E-state index in [2.05, 4.69) is 43.0 Å². The normalized spacial score (nSPS) is 20.4. The summed E-state index contributed by atoms with van der Waals surface area (Å²) in [5.74, 6) is 1.61. The fourth-order valence-corrected chi connectivity index (χ4v) is 3.95. The summed E-state index contributed by atoms with van der Waals surface area (Å²) in [4.78, 5) is 33.6. The van der Waals surface area contributed by atoms with E-state index < -0.39 is 0 Å². The molecule has 3 rings (SSSR count). The number of aromatic nitrogens is 2. The van der Waals surface area contributed by atoms with Gasteiger partial charge >= 0.3 is 0 Å². The molecule has 1 aliphatic heterocycles. The second-order valence-corrected chi connectivity index (χ2v) is 9.43. The molecule has 1 spiro atoms. The Hall–Kier alpha value is -1.85. The Bertz CT molecular complexity index is 633. The summed E-state index contributed by atoms with van der Waals surface area (Å²) in [6.07, 6.45) is 7.21. The summed E-state index contributed by atoms with van der Waals surface area (Å²) in [6, 6.07) is 0.268. The maximum Gasteiger partial charge on any atom is 0.222 e. The molecule has 1 aliphatic carbocycles. The van der Waals surface area contributed by atoms with Crippen LogP contribution in [0.25, 0.3) is 0 Å². The summed E-state index contributed by atoms with van der Waals surface area (Å²) in [6.45, 7) is 10.4. The third-order valence-corrected chi connectivity index (χ3v) is 6.23. The molecule has 1 saturated carbocycles. The molecular weight excluding hydrogens is 328 g/mol. The number of carbonyl (C=O) groups excluding carboxylic acids is 2. The lowest BCUT2D eigenvalue weighted by Gasteiger charge is -2.59. The number of rotatable bonds is 6. The van der Waals surface area contributed by atoms with Gasteiger partial charge in [0.25, 0.3) is 0 Å². The number of amides is 2. The molecule has 6 heteroatoms. The zero-order chi connectivity index (χ0) is 18.9. The number of aryl methyl sites for hydroxylation is 1. The van der Waals surface area contributed by atoms with Crippen molar-refractivity contribution >= 4 is 11.8 Å². The molecule has 0 radical (unpaired) electrons. The van der Waals surface area contributed by atoms with Gasteiger partial charge < -0.3 is 15.2 Å². The van der Waals surface area contributed by atoms with Crippen LogP contribution in [0, 0.1) is 16.7 Å². The highest BCUT2D eigenvalue weighted by atomic mass is 16.2. The van der Waals surface area contributed by atoms with Crippen molar-refractivity contribution in [3.8, 4) is 0 Å². The van der Waals surface area contributed by atoms with Crippen LogP contribution in [0.2, 0.25) is 0 Å². The quantitative estimate of drug-likeness (QED) is 0.818. The van der Waals surface area contributed by atoms with Gasteiger partial charge in [-0.05, 0) is 24.2 Å². The van der Waals surface area contributed by atoms with Crippen LogP contribution in [-0.2, 0) is 16.0 Å². The summed E-state index contributed by atoms with van der Waals surface area (Å²) in [7, 11) is 0. The molecular formula is C20H32N4O2. The zero-order valence-electron chi connectivity index (χ0n) is 16.5.